The van der Waals surface area contributed by atoms with Gasteiger partial charge in [0.2, 0.25) is 0 Å². The number of hydrogen-bond donors (Lipinski definition) is 1. The van der Waals surface area contributed by atoms with Crippen molar-refractivity contribution in [1.82, 2.24) is 4.98 Å². The third-order valence-corrected chi connectivity index (χ3v) is 5.14. The summed E-state index contributed by atoms with van der Waals surface area (Å²) in [4.78, 5) is 4.02. The van der Waals surface area contributed by atoms with Crippen molar-refractivity contribution in [1.29, 1.82) is 0 Å². The Hall–Kier alpha value is -0.520. The molecule has 0 amide bonds. The van der Waals surface area contributed by atoms with E-state index in [-0.39, 0.29) is 17.5 Å². The van der Waals surface area contributed by atoms with Crippen LogP contribution in [0.15, 0.2) is 12.3 Å². The molecule has 0 aromatic carbocycles. The molecule has 2 aliphatic heterocycles. The van der Waals surface area contributed by atoms with Crippen LogP contribution in [0.5, 0.6) is 0 Å². The lowest BCUT2D eigenvalue weighted by Gasteiger charge is -2.38. The fourth-order valence-corrected chi connectivity index (χ4v) is 4.25. The van der Waals surface area contributed by atoms with E-state index in [0.29, 0.717) is 5.02 Å². The molecular weight excluding hydrogens is 287 g/mol. The second-order valence-electron chi connectivity index (χ2n) is 5.15. The van der Waals surface area contributed by atoms with Crippen LogP contribution < -0.4 is 5.32 Å². The molecule has 104 valence electrons. The number of nitrogens with zero attached hydrogens (tertiary/aromatic N) is 1. The van der Waals surface area contributed by atoms with Crippen LogP contribution in [-0.4, -0.2) is 34.7 Å². The molecule has 3 rings (SSSR count). The Bertz CT molecular complexity index is 468. The third kappa shape index (κ3) is 2.98. The summed E-state index contributed by atoms with van der Waals surface area (Å²) in [6.45, 7) is 0.730. The molecule has 0 aliphatic carbocycles. The maximum atomic E-state index is 13.7. The van der Waals surface area contributed by atoms with Crippen LogP contribution in [0.1, 0.15) is 19.3 Å². The Morgan fingerprint density at radius 2 is 2.47 bits per heavy atom. The molecular formula is C13H16ClFN2OS. The topological polar surface area (TPSA) is 34.2 Å². The van der Waals surface area contributed by atoms with Gasteiger partial charge in [0.25, 0.3) is 0 Å². The first-order valence-corrected chi connectivity index (χ1v) is 7.99. The number of anilines is 1. The third-order valence-electron chi connectivity index (χ3n) is 3.71. The number of hydrogen-bond acceptors (Lipinski definition) is 4. The lowest BCUT2D eigenvalue weighted by Crippen LogP contribution is -2.44. The van der Waals surface area contributed by atoms with Crippen molar-refractivity contribution in [2.45, 2.75) is 30.9 Å². The first-order chi connectivity index (χ1) is 9.17. The summed E-state index contributed by atoms with van der Waals surface area (Å²) in [5, 5.41) is 3.51. The van der Waals surface area contributed by atoms with Crippen molar-refractivity contribution < 1.29 is 9.13 Å². The molecule has 1 aromatic rings. The number of nitrogens with one attached hydrogen (secondary N) is 1. The molecule has 2 aliphatic rings. The average Bonchev–Trinajstić information content (AvgIpc) is 2.81. The first-order valence-electron chi connectivity index (χ1n) is 6.46. The fourth-order valence-electron chi connectivity index (χ4n) is 2.73. The van der Waals surface area contributed by atoms with E-state index < -0.39 is 5.82 Å². The van der Waals surface area contributed by atoms with Crippen molar-refractivity contribution in [3.8, 4) is 0 Å². The zero-order valence-corrected chi connectivity index (χ0v) is 12.1. The SMILES string of the molecule is Fc1cc(Cl)cnc1N[C@@H]1CCO[C@@]2(CCSC2)C1. The van der Waals surface area contributed by atoms with Gasteiger partial charge in [0.15, 0.2) is 11.6 Å². The molecule has 2 saturated heterocycles. The van der Waals surface area contributed by atoms with Gasteiger partial charge < -0.3 is 10.1 Å². The normalized spacial score (nSPS) is 30.7. The molecule has 2 atom stereocenters. The van der Waals surface area contributed by atoms with E-state index in [9.17, 15) is 4.39 Å². The predicted octanol–water partition coefficient (Wildman–Crippen LogP) is 3.34. The van der Waals surface area contributed by atoms with E-state index in [1.165, 1.54) is 12.3 Å². The zero-order chi connectivity index (χ0) is 13.3. The summed E-state index contributed by atoms with van der Waals surface area (Å²) in [5.74, 6) is 2.09. The van der Waals surface area contributed by atoms with Crippen molar-refractivity contribution >= 4 is 29.2 Å². The Kier molecular flexibility index (Phi) is 3.87. The monoisotopic (exact) mass is 302 g/mol. The largest absolute Gasteiger partial charge is 0.374 e. The highest BCUT2D eigenvalue weighted by molar-refractivity contribution is 7.99. The quantitative estimate of drug-likeness (QED) is 0.908. The minimum Gasteiger partial charge on any atom is -0.374 e. The van der Waals surface area contributed by atoms with E-state index in [1.807, 2.05) is 11.8 Å². The van der Waals surface area contributed by atoms with Crippen LogP contribution >= 0.6 is 23.4 Å². The molecule has 1 aromatic heterocycles. The summed E-state index contributed by atoms with van der Waals surface area (Å²) in [7, 11) is 0. The molecule has 0 unspecified atom stereocenters. The number of halogens is 2. The zero-order valence-electron chi connectivity index (χ0n) is 10.5. The van der Waals surface area contributed by atoms with Gasteiger partial charge in [0.1, 0.15) is 0 Å². The highest BCUT2D eigenvalue weighted by Gasteiger charge is 2.40. The van der Waals surface area contributed by atoms with Gasteiger partial charge in [0, 0.05) is 24.6 Å². The van der Waals surface area contributed by atoms with Crippen LogP contribution in [0.25, 0.3) is 0 Å². The van der Waals surface area contributed by atoms with Gasteiger partial charge in [-0.2, -0.15) is 11.8 Å². The maximum Gasteiger partial charge on any atom is 0.166 e. The lowest BCUT2D eigenvalue weighted by atomic mass is 9.90. The summed E-state index contributed by atoms with van der Waals surface area (Å²) in [5.41, 5.74) is -0.0104. The molecule has 0 bridgehead atoms. The summed E-state index contributed by atoms with van der Waals surface area (Å²) >= 11 is 7.64. The standard InChI is InChI=1S/C13H16ClFN2OS/c14-9-5-11(15)12(16-7-9)17-10-1-3-18-13(6-10)2-4-19-8-13/h5,7,10H,1-4,6,8H2,(H,16,17)/t10-,13+/m1/s1. The van der Waals surface area contributed by atoms with Gasteiger partial charge >= 0.3 is 0 Å². The van der Waals surface area contributed by atoms with Crippen molar-refractivity contribution in [3.05, 3.63) is 23.1 Å². The molecule has 1 spiro atoms. The minimum atomic E-state index is -0.395. The first kappa shape index (κ1) is 13.5. The Morgan fingerprint density at radius 3 is 3.21 bits per heavy atom. The number of rotatable bonds is 2. The molecule has 1 N–H and O–H groups in total. The van der Waals surface area contributed by atoms with Crippen LogP contribution in [0.4, 0.5) is 10.2 Å². The molecule has 0 radical (unpaired) electrons. The number of thioether (sulfide) groups is 1. The van der Waals surface area contributed by atoms with Crippen LogP contribution in [-0.2, 0) is 4.74 Å². The van der Waals surface area contributed by atoms with Gasteiger partial charge in [-0.3, -0.25) is 0 Å². The van der Waals surface area contributed by atoms with Gasteiger partial charge in [-0.1, -0.05) is 11.6 Å². The van der Waals surface area contributed by atoms with Crippen molar-refractivity contribution in [2.75, 3.05) is 23.4 Å². The fraction of sp³-hybridized carbons (Fsp3) is 0.615. The second-order valence-corrected chi connectivity index (χ2v) is 6.69. The molecule has 3 nitrogen and oxygen atoms in total. The maximum absolute atomic E-state index is 13.7. The van der Waals surface area contributed by atoms with Crippen LogP contribution in [0.2, 0.25) is 5.02 Å². The van der Waals surface area contributed by atoms with Crippen LogP contribution in [0.3, 0.4) is 0 Å². The van der Waals surface area contributed by atoms with Gasteiger partial charge in [0.05, 0.1) is 10.6 Å². The van der Waals surface area contributed by atoms with E-state index in [1.54, 1.807) is 0 Å². The molecule has 3 heterocycles. The van der Waals surface area contributed by atoms with Crippen molar-refractivity contribution in [2.24, 2.45) is 0 Å². The Balaban J connectivity index is 1.69. The molecule has 2 fully saturated rings. The smallest absolute Gasteiger partial charge is 0.166 e. The lowest BCUT2D eigenvalue weighted by molar-refractivity contribution is -0.0628. The minimum absolute atomic E-state index is 0.0104. The van der Waals surface area contributed by atoms with E-state index in [2.05, 4.69) is 10.3 Å². The second kappa shape index (κ2) is 5.46. The summed E-state index contributed by atoms with van der Waals surface area (Å²) in [6.07, 6.45) is 4.36. The number of ether oxygens (including phenoxy) is 1. The number of aromatic nitrogens is 1. The molecule has 6 heteroatoms. The Morgan fingerprint density at radius 1 is 1.58 bits per heavy atom. The highest BCUT2D eigenvalue weighted by Crippen LogP contribution is 2.39. The van der Waals surface area contributed by atoms with E-state index >= 15 is 0 Å². The molecule has 19 heavy (non-hydrogen) atoms. The van der Waals surface area contributed by atoms with Crippen molar-refractivity contribution in [3.63, 3.8) is 0 Å². The Labute approximate surface area is 121 Å². The average molecular weight is 303 g/mol. The van der Waals surface area contributed by atoms with Gasteiger partial charge in [-0.25, -0.2) is 9.37 Å². The van der Waals surface area contributed by atoms with Gasteiger partial charge in [-0.05, 0) is 31.1 Å². The van der Waals surface area contributed by atoms with E-state index in [0.717, 1.165) is 37.4 Å². The van der Waals surface area contributed by atoms with Gasteiger partial charge in [-0.15, -0.1) is 0 Å². The summed E-state index contributed by atoms with van der Waals surface area (Å²) in [6, 6.07) is 1.51. The highest BCUT2D eigenvalue weighted by atomic mass is 35.5. The van der Waals surface area contributed by atoms with Crippen LogP contribution in [0, 0.1) is 5.82 Å². The summed E-state index contributed by atoms with van der Waals surface area (Å²) < 4.78 is 19.7. The molecule has 0 saturated carbocycles. The predicted molar refractivity (Wildman–Crippen MR) is 76.5 cm³/mol. The van der Waals surface area contributed by atoms with E-state index in [4.69, 9.17) is 16.3 Å². The number of pyridine rings is 1.